The van der Waals surface area contributed by atoms with E-state index in [1.54, 1.807) is 0 Å². The maximum atomic E-state index is 13.0. The number of amides is 1. The summed E-state index contributed by atoms with van der Waals surface area (Å²) in [5.74, 6) is -0.285. The number of hydrogen-bond donors (Lipinski definition) is 1. The highest BCUT2D eigenvalue weighted by atomic mass is 16.4. The molecule has 2 atom stereocenters. The van der Waals surface area contributed by atoms with E-state index in [9.17, 15) is 14.7 Å². The summed E-state index contributed by atoms with van der Waals surface area (Å²) in [5.41, 5.74) is 0.713. The van der Waals surface area contributed by atoms with Crippen LogP contribution in [0, 0.1) is 17.8 Å². The van der Waals surface area contributed by atoms with Crippen LogP contribution in [0.15, 0.2) is 30.3 Å². The third kappa shape index (κ3) is 2.13. The summed E-state index contributed by atoms with van der Waals surface area (Å²) in [7, 11) is 0. The lowest BCUT2D eigenvalue weighted by Crippen LogP contribution is -2.38. The number of rotatable bonds is 4. The molecule has 1 heterocycles. The number of carboxylic acid groups (broad SMARTS) is 1. The van der Waals surface area contributed by atoms with Gasteiger partial charge in [-0.1, -0.05) is 30.3 Å². The third-order valence-electron chi connectivity index (χ3n) is 5.68. The highest BCUT2D eigenvalue weighted by Crippen LogP contribution is 2.51. The Kier molecular flexibility index (Phi) is 3.03. The maximum absolute atomic E-state index is 13.0. The van der Waals surface area contributed by atoms with Gasteiger partial charge in [-0.3, -0.25) is 9.59 Å². The van der Waals surface area contributed by atoms with E-state index in [1.165, 1.54) is 0 Å². The van der Waals surface area contributed by atoms with Gasteiger partial charge in [0.2, 0.25) is 5.91 Å². The summed E-state index contributed by atoms with van der Waals surface area (Å²) in [5, 5.41) is 9.46. The molecule has 0 spiro atoms. The third-order valence-corrected chi connectivity index (χ3v) is 5.68. The standard InChI is InChI=1S/C18H21NO3/c20-16(21)15-11-19(10-14(15)12-6-7-12)17(22)18(8-9-18)13-4-2-1-3-5-13/h1-5,12,14-15H,6-11H2,(H,20,21)/t14-,15+/m1/s1. The molecule has 1 amide bonds. The van der Waals surface area contributed by atoms with Crippen LogP contribution in [0.2, 0.25) is 0 Å². The largest absolute Gasteiger partial charge is 0.481 e. The van der Waals surface area contributed by atoms with Crippen LogP contribution in [-0.4, -0.2) is 35.0 Å². The number of carboxylic acids is 1. The lowest BCUT2D eigenvalue weighted by molar-refractivity contribution is -0.142. The van der Waals surface area contributed by atoms with E-state index in [0.29, 0.717) is 19.0 Å². The van der Waals surface area contributed by atoms with Crippen LogP contribution in [0.25, 0.3) is 0 Å². The van der Waals surface area contributed by atoms with Crippen LogP contribution in [0.5, 0.6) is 0 Å². The molecule has 2 aliphatic carbocycles. The molecule has 3 fully saturated rings. The minimum atomic E-state index is -0.739. The van der Waals surface area contributed by atoms with E-state index in [2.05, 4.69) is 0 Å². The first-order chi connectivity index (χ1) is 10.6. The van der Waals surface area contributed by atoms with Crippen molar-refractivity contribution in [3.63, 3.8) is 0 Å². The summed E-state index contributed by atoms with van der Waals surface area (Å²) in [6, 6.07) is 9.95. The van der Waals surface area contributed by atoms with Crippen LogP contribution < -0.4 is 0 Å². The van der Waals surface area contributed by atoms with Crippen molar-refractivity contribution in [1.29, 1.82) is 0 Å². The summed E-state index contributed by atoms with van der Waals surface area (Å²) in [6.07, 6.45) is 4.02. The first-order valence-corrected chi connectivity index (χ1v) is 8.19. The fourth-order valence-corrected chi connectivity index (χ4v) is 4.07. The number of nitrogens with zero attached hydrogens (tertiary/aromatic N) is 1. The fraction of sp³-hybridized carbons (Fsp3) is 0.556. The van der Waals surface area contributed by atoms with Gasteiger partial charge >= 0.3 is 5.97 Å². The smallest absolute Gasteiger partial charge is 0.308 e. The van der Waals surface area contributed by atoms with Crippen LogP contribution in [0.4, 0.5) is 0 Å². The van der Waals surface area contributed by atoms with Crippen molar-refractivity contribution in [3.05, 3.63) is 35.9 Å². The lowest BCUT2D eigenvalue weighted by Gasteiger charge is -2.23. The number of aliphatic carboxylic acids is 1. The molecule has 22 heavy (non-hydrogen) atoms. The molecule has 4 nitrogen and oxygen atoms in total. The van der Waals surface area contributed by atoms with Crippen molar-refractivity contribution in [2.45, 2.75) is 31.1 Å². The van der Waals surface area contributed by atoms with Gasteiger partial charge in [0.15, 0.2) is 0 Å². The van der Waals surface area contributed by atoms with Gasteiger partial charge in [-0.05, 0) is 43.1 Å². The van der Waals surface area contributed by atoms with E-state index in [4.69, 9.17) is 0 Å². The molecular formula is C18H21NO3. The van der Waals surface area contributed by atoms with Gasteiger partial charge in [0.05, 0.1) is 11.3 Å². The average Bonchev–Trinajstić information content (AvgIpc) is 3.45. The van der Waals surface area contributed by atoms with Gasteiger partial charge in [0.1, 0.15) is 0 Å². The molecule has 0 bridgehead atoms. The van der Waals surface area contributed by atoms with Crippen molar-refractivity contribution in [1.82, 2.24) is 4.90 Å². The number of likely N-dealkylation sites (tertiary alicyclic amines) is 1. The fourth-order valence-electron chi connectivity index (χ4n) is 4.07. The zero-order valence-electron chi connectivity index (χ0n) is 12.6. The molecule has 4 rings (SSSR count). The van der Waals surface area contributed by atoms with Crippen LogP contribution in [0.1, 0.15) is 31.2 Å². The molecule has 1 aromatic rings. The molecule has 1 aliphatic heterocycles. The monoisotopic (exact) mass is 299 g/mol. The van der Waals surface area contributed by atoms with Gasteiger partial charge in [-0.25, -0.2) is 0 Å². The van der Waals surface area contributed by atoms with Gasteiger partial charge in [-0.15, -0.1) is 0 Å². The predicted octanol–water partition coefficient (Wildman–Crippen LogP) is 2.29. The lowest BCUT2D eigenvalue weighted by atomic mass is 9.92. The Bertz CT molecular complexity index is 604. The minimum absolute atomic E-state index is 0.146. The molecular weight excluding hydrogens is 278 g/mol. The van der Waals surface area contributed by atoms with Crippen molar-refractivity contribution < 1.29 is 14.7 Å². The summed E-state index contributed by atoms with van der Waals surface area (Å²) < 4.78 is 0. The topological polar surface area (TPSA) is 57.6 Å². The number of carbonyl (C=O) groups excluding carboxylic acids is 1. The highest BCUT2D eigenvalue weighted by molar-refractivity contribution is 5.92. The average molecular weight is 299 g/mol. The van der Waals surface area contributed by atoms with Crippen molar-refractivity contribution in [2.75, 3.05) is 13.1 Å². The SMILES string of the molecule is O=C(O)[C@H]1CN(C(=O)C2(c3ccccc3)CC2)C[C@@H]1C1CC1. The molecule has 2 saturated carbocycles. The van der Waals surface area contributed by atoms with Crippen LogP contribution in [0.3, 0.4) is 0 Å². The molecule has 4 heteroatoms. The molecule has 0 aromatic heterocycles. The van der Waals surface area contributed by atoms with Crippen molar-refractivity contribution in [3.8, 4) is 0 Å². The Balaban J connectivity index is 1.55. The quantitative estimate of drug-likeness (QED) is 0.928. The Labute approximate surface area is 130 Å². The van der Waals surface area contributed by atoms with Crippen molar-refractivity contribution >= 4 is 11.9 Å². The summed E-state index contributed by atoms with van der Waals surface area (Å²) in [4.78, 5) is 26.4. The molecule has 0 radical (unpaired) electrons. The molecule has 0 unspecified atom stereocenters. The molecule has 1 aromatic carbocycles. The van der Waals surface area contributed by atoms with Gasteiger partial charge in [0, 0.05) is 13.1 Å². The van der Waals surface area contributed by atoms with E-state index < -0.39 is 5.97 Å². The Hall–Kier alpha value is -1.84. The Morgan fingerprint density at radius 2 is 1.77 bits per heavy atom. The highest BCUT2D eigenvalue weighted by Gasteiger charge is 2.56. The zero-order valence-corrected chi connectivity index (χ0v) is 12.6. The first-order valence-electron chi connectivity index (χ1n) is 8.19. The van der Waals surface area contributed by atoms with Gasteiger partial charge in [-0.2, -0.15) is 0 Å². The maximum Gasteiger partial charge on any atom is 0.308 e. The minimum Gasteiger partial charge on any atom is -0.481 e. The molecule has 1 saturated heterocycles. The van der Waals surface area contributed by atoms with Crippen LogP contribution >= 0.6 is 0 Å². The Morgan fingerprint density at radius 1 is 1.09 bits per heavy atom. The van der Waals surface area contributed by atoms with E-state index in [1.807, 2.05) is 35.2 Å². The summed E-state index contributed by atoms with van der Waals surface area (Å²) in [6.45, 7) is 1.03. The first kappa shape index (κ1) is 13.8. The molecule has 1 N–H and O–H groups in total. The second kappa shape index (κ2) is 4.83. The van der Waals surface area contributed by atoms with E-state index in [0.717, 1.165) is 31.2 Å². The number of carbonyl (C=O) groups is 2. The summed E-state index contributed by atoms with van der Waals surface area (Å²) >= 11 is 0. The zero-order chi connectivity index (χ0) is 15.3. The van der Waals surface area contributed by atoms with Gasteiger partial charge < -0.3 is 10.0 Å². The second-order valence-electron chi connectivity index (χ2n) is 7.10. The molecule has 3 aliphatic rings. The Morgan fingerprint density at radius 3 is 2.32 bits per heavy atom. The van der Waals surface area contributed by atoms with Gasteiger partial charge in [0.25, 0.3) is 0 Å². The van der Waals surface area contributed by atoms with Crippen LogP contribution in [-0.2, 0) is 15.0 Å². The van der Waals surface area contributed by atoms with E-state index in [-0.39, 0.29) is 23.2 Å². The second-order valence-corrected chi connectivity index (χ2v) is 7.10. The normalized spacial score (nSPS) is 29.4. The number of benzene rings is 1. The molecule has 116 valence electrons. The number of hydrogen-bond acceptors (Lipinski definition) is 2. The predicted molar refractivity (Wildman–Crippen MR) is 81.3 cm³/mol. The van der Waals surface area contributed by atoms with Crippen molar-refractivity contribution in [2.24, 2.45) is 17.8 Å². The van der Waals surface area contributed by atoms with E-state index >= 15 is 0 Å².